The van der Waals surface area contributed by atoms with E-state index in [-0.39, 0.29) is 5.91 Å². The summed E-state index contributed by atoms with van der Waals surface area (Å²) in [6.45, 7) is 4.75. The third-order valence-corrected chi connectivity index (χ3v) is 1.73. The Morgan fingerprint density at radius 1 is 1.62 bits per heavy atom. The number of allylic oxidation sites excluding steroid dienone is 3. The van der Waals surface area contributed by atoms with Gasteiger partial charge in [-0.1, -0.05) is 18.7 Å². The average Bonchev–Trinajstić information content (AvgIpc) is 2.64. The molecule has 13 heavy (non-hydrogen) atoms. The highest BCUT2D eigenvalue weighted by Gasteiger charge is 1.97. The maximum absolute atomic E-state index is 10.7. The molecule has 0 unspecified atom stereocenters. The van der Waals surface area contributed by atoms with E-state index >= 15 is 0 Å². The molecule has 1 rings (SSSR count). The van der Waals surface area contributed by atoms with Gasteiger partial charge in [0, 0.05) is 25.2 Å². The molecule has 70 valence electrons. The molecule has 1 aliphatic rings. The summed E-state index contributed by atoms with van der Waals surface area (Å²) in [5, 5.41) is 5.90. The molecule has 0 radical (unpaired) electrons. The Kier molecular flexibility index (Phi) is 3.82. The number of nitrogens with one attached hydrogen (secondary N) is 2. The number of hydrogen-bond acceptors (Lipinski definition) is 2. The van der Waals surface area contributed by atoms with E-state index in [1.54, 1.807) is 0 Å². The van der Waals surface area contributed by atoms with E-state index < -0.39 is 0 Å². The van der Waals surface area contributed by atoms with Crippen LogP contribution in [0.15, 0.2) is 36.6 Å². The van der Waals surface area contributed by atoms with Gasteiger partial charge in [-0.25, -0.2) is 0 Å². The molecule has 0 saturated carbocycles. The van der Waals surface area contributed by atoms with Crippen LogP contribution in [0.3, 0.4) is 0 Å². The van der Waals surface area contributed by atoms with Crippen LogP contribution in [0, 0.1) is 0 Å². The summed E-state index contributed by atoms with van der Waals surface area (Å²) >= 11 is 0. The lowest BCUT2D eigenvalue weighted by Crippen LogP contribution is -2.30. The lowest BCUT2D eigenvalue weighted by atomic mass is 10.4. The van der Waals surface area contributed by atoms with E-state index in [2.05, 4.69) is 23.3 Å². The molecule has 0 atom stereocenters. The van der Waals surface area contributed by atoms with Crippen molar-refractivity contribution in [3.05, 3.63) is 36.6 Å². The molecule has 1 amide bonds. The predicted molar refractivity (Wildman–Crippen MR) is 53.0 cm³/mol. The number of carbonyl (C=O) groups excluding carboxylic acids is 1. The molecule has 0 aromatic rings. The first-order valence-electron chi connectivity index (χ1n) is 4.33. The average molecular weight is 178 g/mol. The van der Waals surface area contributed by atoms with Crippen LogP contribution < -0.4 is 10.6 Å². The van der Waals surface area contributed by atoms with E-state index in [1.807, 2.05) is 12.2 Å². The van der Waals surface area contributed by atoms with Crippen molar-refractivity contribution in [1.29, 1.82) is 0 Å². The Morgan fingerprint density at radius 2 is 2.46 bits per heavy atom. The number of carbonyl (C=O) groups is 1. The normalized spacial score (nSPS) is 13.7. The second-order valence-electron chi connectivity index (χ2n) is 2.75. The Labute approximate surface area is 78.2 Å². The van der Waals surface area contributed by atoms with Crippen molar-refractivity contribution in [2.45, 2.75) is 6.42 Å². The van der Waals surface area contributed by atoms with Gasteiger partial charge in [0.25, 0.3) is 0 Å². The molecule has 0 aromatic heterocycles. The van der Waals surface area contributed by atoms with Crippen molar-refractivity contribution in [1.82, 2.24) is 10.6 Å². The molecular weight excluding hydrogens is 164 g/mol. The second-order valence-corrected chi connectivity index (χ2v) is 2.75. The van der Waals surface area contributed by atoms with Crippen molar-refractivity contribution in [2.75, 3.05) is 13.1 Å². The lowest BCUT2D eigenvalue weighted by molar-refractivity contribution is -0.116. The highest BCUT2D eigenvalue weighted by Crippen LogP contribution is 2.05. The van der Waals surface area contributed by atoms with Crippen molar-refractivity contribution >= 4 is 5.91 Å². The Hall–Kier alpha value is -1.51. The monoisotopic (exact) mass is 178 g/mol. The molecule has 3 heteroatoms. The Balaban J connectivity index is 2.01. The minimum atomic E-state index is -0.125. The fraction of sp³-hybridized carbons (Fsp3) is 0.300. The zero-order valence-electron chi connectivity index (χ0n) is 7.55. The molecular formula is C10H14N2O. The first kappa shape index (κ1) is 9.58. The van der Waals surface area contributed by atoms with Crippen molar-refractivity contribution < 1.29 is 4.79 Å². The molecule has 3 nitrogen and oxygen atoms in total. The minimum absolute atomic E-state index is 0.125. The van der Waals surface area contributed by atoms with Gasteiger partial charge in [-0.05, 0) is 12.2 Å². The van der Waals surface area contributed by atoms with Gasteiger partial charge < -0.3 is 10.6 Å². The van der Waals surface area contributed by atoms with Crippen LogP contribution in [0.4, 0.5) is 0 Å². The van der Waals surface area contributed by atoms with E-state index in [9.17, 15) is 4.79 Å². The Morgan fingerprint density at radius 3 is 3.08 bits per heavy atom. The fourth-order valence-corrected chi connectivity index (χ4v) is 1.06. The van der Waals surface area contributed by atoms with E-state index in [4.69, 9.17) is 0 Å². The van der Waals surface area contributed by atoms with Crippen molar-refractivity contribution in [3.63, 3.8) is 0 Å². The van der Waals surface area contributed by atoms with Crippen LogP contribution >= 0.6 is 0 Å². The number of hydrogen-bond donors (Lipinski definition) is 2. The van der Waals surface area contributed by atoms with Crippen molar-refractivity contribution in [2.24, 2.45) is 0 Å². The zero-order valence-corrected chi connectivity index (χ0v) is 7.55. The standard InChI is InChI=1S/C10H14N2O/c1-2-10(13)12-8-7-11-9-5-3-4-6-9/h2-5,11H,1,6-8H2,(H,12,13). The molecule has 0 heterocycles. The fourth-order valence-electron chi connectivity index (χ4n) is 1.06. The van der Waals surface area contributed by atoms with Crippen LogP contribution in [0.1, 0.15) is 6.42 Å². The maximum atomic E-state index is 10.7. The van der Waals surface area contributed by atoms with Gasteiger partial charge in [0.2, 0.25) is 5.91 Å². The third-order valence-electron chi connectivity index (χ3n) is 1.73. The zero-order chi connectivity index (χ0) is 9.52. The summed E-state index contributed by atoms with van der Waals surface area (Å²) in [6, 6.07) is 0. The van der Waals surface area contributed by atoms with Gasteiger partial charge in [0.1, 0.15) is 0 Å². The smallest absolute Gasteiger partial charge is 0.243 e. The molecule has 0 aliphatic heterocycles. The Bertz CT molecular complexity index is 254. The van der Waals surface area contributed by atoms with Crippen LogP contribution in [0.5, 0.6) is 0 Å². The molecule has 0 aromatic carbocycles. The summed E-state index contributed by atoms with van der Waals surface area (Å²) in [5.41, 5.74) is 1.20. The molecule has 0 fully saturated rings. The van der Waals surface area contributed by atoms with E-state index in [1.165, 1.54) is 11.8 Å². The van der Waals surface area contributed by atoms with Gasteiger partial charge in [-0.2, -0.15) is 0 Å². The summed E-state index contributed by atoms with van der Waals surface area (Å²) in [7, 11) is 0. The number of rotatable bonds is 5. The summed E-state index contributed by atoms with van der Waals surface area (Å²) in [4.78, 5) is 10.7. The van der Waals surface area contributed by atoms with E-state index in [0.29, 0.717) is 6.54 Å². The van der Waals surface area contributed by atoms with Crippen LogP contribution in [0.2, 0.25) is 0 Å². The minimum Gasteiger partial charge on any atom is -0.386 e. The molecule has 1 aliphatic carbocycles. The van der Waals surface area contributed by atoms with Gasteiger partial charge >= 0.3 is 0 Å². The highest BCUT2D eigenvalue weighted by molar-refractivity contribution is 5.86. The first-order valence-corrected chi connectivity index (χ1v) is 4.33. The highest BCUT2D eigenvalue weighted by atomic mass is 16.1. The van der Waals surface area contributed by atoms with Crippen LogP contribution in [-0.4, -0.2) is 19.0 Å². The van der Waals surface area contributed by atoms with Gasteiger partial charge in [-0.15, -0.1) is 0 Å². The SMILES string of the molecule is C=CC(=O)NCCNC1=CC=CC1. The predicted octanol–water partition coefficient (Wildman–Crippen LogP) is 0.722. The van der Waals surface area contributed by atoms with Gasteiger partial charge in [0.15, 0.2) is 0 Å². The first-order chi connectivity index (χ1) is 6.33. The topological polar surface area (TPSA) is 41.1 Å². The molecule has 0 spiro atoms. The molecule has 2 N–H and O–H groups in total. The largest absolute Gasteiger partial charge is 0.386 e. The van der Waals surface area contributed by atoms with E-state index in [0.717, 1.165) is 13.0 Å². The number of amides is 1. The maximum Gasteiger partial charge on any atom is 0.243 e. The summed E-state index contributed by atoms with van der Waals surface area (Å²) in [6.07, 6.45) is 8.39. The summed E-state index contributed by atoms with van der Waals surface area (Å²) in [5.74, 6) is -0.125. The van der Waals surface area contributed by atoms with Gasteiger partial charge in [-0.3, -0.25) is 4.79 Å². The molecule has 0 saturated heterocycles. The summed E-state index contributed by atoms with van der Waals surface area (Å²) < 4.78 is 0. The van der Waals surface area contributed by atoms with Crippen LogP contribution in [0.25, 0.3) is 0 Å². The second kappa shape index (κ2) is 5.19. The lowest BCUT2D eigenvalue weighted by Gasteiger charge is -2.06. The van der Waals surface area contributed by atoms with Crippen LogP contribution in [-0.2, 0) is 4.79 Å². The van der Waals surface area contributed by atoms with Gasteiger partial charge in [0.05, 0.1) is 0 Å². The van der Waals surface area contributed by atoms with Crippen molar-refractivity contribution in [3.8, 4) is 0 Å². The molecule has 0 bridgehead atoms. The third kappa shape index (κ3) is 3.60. The quantitative estimate of drug-likeness (QED) is 0.481.